The zero-order valence-electron chi connectivity index (χ0n) is 31.1. The highest BCUT2D eigenvalue weighted by Crippen LogP contribution is 2.67. The molecule has 0 saturated heterocycles. The van der Waals surface area contributed by atoms with Gasteiger partial charge in [-0.3, -0.25) is 0 Å². The van der Waals surface area contributed by atoms with Crippen LogP contribution in [0.4, 0.5) is 17.1 Å². The Morgan fingerprint density at radius 1 is 0.556 bits per heavy atom. The average Bonchev–Trinajstić information content (AvgIpc) is 2.92. The molecule has 0 fully saturated rings. The Labute approximate surface area is 275 Å². The first kappa shape index (κ1) is 32.4. The minimum Gasteiger partial charge on any atom is -0.371 e. The van der Waals surface area contributed by atoms with Gasteiger partial charge in [-0.2, -0.15) is 0 Å². The van der Waals surface area contributed by atoms with Crippen molar-refractivity contribution in [3.8, 4) is 0 Å². The molecule has 45 heavy (non-hydrogen) atoms. The van der Waals surface area contributed by atoms with Crippen molar-refractivity contribution in [2.45, 2.75) is 162 Å². The summed E-state index contributed by atoms with van der Waals surface area (Å²) in [6.07, 6.45) is 3.47. The van der Waals surface area contributed by atoms with E-state index in [1.165, 1.54) is 80.0 Å². The highest BCUT2D eigenvalue weighted by molar-refractivity contribution is 5.98. The van der Waals surface area contributed by atoms with Crippen molar-refractivity contribution < 1.29 is 4.74 Å². The quantitative estimate of drug-likeness (QED) is 0.277. The van der Waals surface area contributed by atoms with E-state index in [-0.39, 0.29) is 32.7 Å². The van der Waals surface area contributed by atoms with Crippen LogP contribution in [0, 0.1) is 0 Å². The van der Waals surface area contributed by atoms with E-state index in [1.807, 2.05) is 0 Å². The van der Waals surface area contributed by atoms with Crippen LogP contribution in [-0.4, -0.2) is 5.60 Å². The van der Waals surface area contributed by atoms with Gasteiger partial charge in [-0.05, 0) is 81.2 Å². The van der Waals surface area contributed by atoms with Gasteiger partial charge in [-0.25, -0.2) is 0 Å². The third-order valence-corrected chi connectivity index (χ3v) is 11.6. The van der Waals surface area contributed by atoms with Crippen LogP contribution < -0.4 is 4.90 Å². The van der Waals surface area contributed by atoms with Gasteiger partial charge < -0.3 is 9.64 Å². The summed E-state index contributed by atoms with van der Waals surface area (Å²) in [5, 5.41) is 0. The molecule has 0 radical (unpaired) electrons. The summed E-state index contributed by atoms with van der Waals surface area (Å²) >= 11 is 0. The third-order valence-electron chi connectivity index (χ3n) is 11.6. The maximum atomic E-state index is 6.70. The predicted octanol–water partition coefficient (Wildman–Crippen LogP) is 12.2. The zero-order valence-corrected chi connectivity index (χ0v) is 31.1. The Balaban J connectivity index is 1.70. The lowest BCUT2D eigenvalue weighted by atomic mass is 9.59. The number of nitrogens with zero attached hydrogens (tertiary/aromatic N) is 1. The molecule has 0 aromatic heterocycles. The molecule has 0 unspecified atom stereocenters. The Kier molecular flexibility index (Phi) is 6.99. The van der Waals surface area contributed by atoms with Crippen LogP contribution in [0.1, 0.15) is 173 Å². The molecule has 0 N–H and O–H groups in total. The smallest absolute Gasteiger partial charge is 0.0724 e. The number of hydrogen-bond acceptors (Lipinski definition) is 2. The van der Waals surface area contributed by atoms with Crippen molar-refractivity contribution in [3.05, 3.63) is 86.5 Å². The van der Waals surface area contributed by atoms with Crippen molar-refractivity contribution in [3.63, 3.8) is 0 Å². The van der Waals surface area contributed by atoms with E-state index >= 15 is 0 Å². The topological polar surface area (TPSA) is 12.5 Å². The van der Waals surface area contributed by atoms with Gasteiger partial charge in [0.2, 0.25) is 0 Å². The SMILES string of the molecule is CCCCC(C)(C)OCc1cc2c3c(c1)C(C)(C)c1cc(C(C)(C)C)cc4c1N3c1c(cc(C(C)(C)C)cc1C4(C)C)C2(C)C. The summed E-state index contributed by atoms with van der Waals surface area (Å²) in [5.74, 6) is 0. The molecule has 2 nitrogen and oxygen atoms in total. The van der Waals surface area contributed by atoms with Gasteiger partial charge >= 0.3 is 0 Å². The second-order valence-electron chi connectivity index (χ2n) is 18.7. The van der Waals surface area contributed by atoms with Gasteiger partial charge in [0.25, 0.3) is 0 Å². The van der Waals surface area contributed by atoms with Crippen molar-refractivity contribution in [1.29, 1.82) is 0 Å². The molecule has 3 aliphatic heterocycles. The Morgan fingerprint density at radius 2 is 0.889 bits per heavy atom. The first-order valence-corrected chi connectivity index (χ1v) is 17.5. The van der Waals surface area contributed by atoms with E-state index in [0.717, 1.165) is 6.42 Å². The molecule has 0 aliphatic carbocycles. The van der Waals surface area contributed by atoms with E-state index in [0.29, 0.717) is 6.61 Å². The van der Waals surface area contributed by atoms with Crippen LogP contribution in [0.3, 0.4) is 0 Å². The number of anilines is 3. The van der Waals surface area contributed by atoms with E-state index in [2.05, 4.69) is 145 Å². The highest BCUT2D eigenvalue weighted by atomic mass is 16.5. The largest absolute Gasteiger partial charge is 0.371 e. The minimum atomic E-state index is -0.161. The highest BCUT2D eigenvalue weighted by Gasteiger charge is 2.52. The molecular formula is C43H59NO. The fourth-order valence-corrected chi connectivity index (χ4v) is 8.22. The lowest BCUT2D eigenvalue weighted by Crippen LogP contribution is -2.44. The summed E-state index contributed by atoms with van der Waals surface area (Å²) in [6.45, 7) is 36.4. The number of benzene rings is 3. The van der Waals surface area contributed by atoms with E-state index in [1.54, 1.807) is 0 Å². The molecule has 0 atom stereocenters. The van der Waals surface area contributed by atoms with Crippen LogP contribution in [0.15, 0.2) is 36.4 Å². The molecule has 2 heteroatoms. The van der Waals surface area contributed by atoms with Gasteiger partial charge in [0, 0.05) is 16.2 Å². The lowest BCUT2D eigenvalue weighted by molar-refractivity contribution is -0.0362. The number of rotatable bonds is 6. The number of unbranched alkanes of at least 4 members (excludes halogenated alkanes) is 1. The molecule has 3 aromatic carbocycles. The van der Waals surface area contributed by atoms with Gasteiger partial charge in [0.05, 0.1) is 29.3 Å². The van der Waals surface area contributed by atoms with Gasteiger partial charge in [-0.15, -0.1) is 0 Å². The van der Waals surface area contributed by atoms with Crippen LogP contribution in [0.2, 0.25) is 0 Å². The molecule has 3 heterocycles. The summed E-state index contributed by atoms with van der Waals surface area (Å²) in [4.78, 5) is 2.70. The second-order valence-corrected chi connectivity index (χ2v) is 18.7. The molecular weight excluding hydrogens is 546 g/mol. The molecule has 3 aliphatic rings. The molecule has 0 amide bonds. The van der Waals surface area contributed by atoms with Crippen molar-refractivity contribution in [2.75, 3.05) is 4.90 Å². The van der Waals surface area contributed by atoms with Crippen LogP contribution >= 0.6 is 0 Å². The summed E-state index contributed by atoms with van der Waals surface area (Å²) in [7, 11) is 0. The first-order chi connectivity index (χ1) is 20.5. The van der Waals surface area contributed by atoms with E-state index in [4.69, 9.17) is 4.74 Å². The Hall–Kier alpha value is -2.58. The molecule has 3 aromatic rings. The summed E-state index contributed by atoms with van der Waals surface area (Å²) in [5.41, 5.74) is 16.6. The van der Waals surface area contributed by atoms with Crippen molar-refractivity contribution >= 4 is 17.1 Å². The normalized spacial score (nSPS) is 18.6. The van der Waals surface area contributed by atoms with E-state index < -0.39 is 0 Å². The fourth-order valence-electron chi connectivity index (χ4n) is 8.22. The Morgan fingerprint density at radius 3 is 1.20 bits per heavy atom. The lowest BCUT2D eigenvalue weighted by Gasteiger charge is -2.55. The molecule has 242 valence electrons. The number of hydrogen-bond donors (Lipinski definition) is 0. The second kappa shape index (κ2) is 9.72. The standard InChI is InChI=1S/C43H59NO/c1-16-17-18-40(8,9)45-25-26-19-29-35-30(20-26)42(12,13)32-22-28(39(5,6)7)24-34-37(32)44(35)36-31(41(29,10)11)21-27(38(2,3)4)23-33(36)43(34,14)15/h19-24H,16-18,25H2,1-15H3. The summed E-state index contributed by atoms with van der Waals surface area (Å²) < 4.78 is 6.70. The van der Waals surface area contributed by atoms with E-state index in [9.17, 15) is 0 Å². The van der Waals surface area contributed by atoms with Crippen molar-refractivity contribution in [1.82, 2.24) is 0 Å². The van der Waals surface area contributed by atoms with Gasteiger partial charge in [-0.1, -0.05) is 139 Å². The molecule has 0 spiro atoms. The van der Waals surface area contributed by atoms with Crippen LogP contribution in [-0.2, 0) is 38.4 Å². The molecule has 0 saturated carbocycles. The minimum absolute atomic E-state index is 0.0471. The average molecular weight is 606 g/mol. The number of ether oxygens (including phenoxy) is 1. The molecule has 0 bridgehead atoms. The Bertz CT molecular complexity index is 1590. The predicted molar refractivity (Wildman–Crippen MR) is 193 cm³/mol. The maximum absolute atomic E-state index is 6.70. The van der Waals surface area contributed by atoms with Crippen molar-refractivity contribution in [2.24, 2.45) is 0 Å². The van der Waals surface area contributed by atoms with Gasteiger partial charge in [0.1, 0.15) is 0 Å². The zero-order chi connectivity index (χ0) is 33.3. The first-order valence-electron chi connectivity index (χ1n) is 17.5. The van der Waals surface area contributed by atoms with Crippen LogP contribution in [0.5, 0.6) is 0 Å². The maximum Gasteiger partial charge on any atom is 0.0724 e. The van der Waals surface area contributed by atoms with Crippen LogP contribution in [0.25, 0.3) is 0 Å². The third kappa shape index (κ3) is 4.75. The summed E-state index contributed by atoms with van der Waals surface area (Å²) in [6, 6.07) is 15.2. The van der Waals surface area contributed by atoms with Gasteiger partial charge in [0.15, 0.2) is 0 Å². The monoisotopic (exact) mass is 605 g/mol. The fraction of sp³-hybridized carbons (Fsp3) is 0.581. The molecule has 6 rings (SSSR count).